The Bertz CT molecular complexity index is 814. The van der Waals surface area contributed by atoms with Crippen LogP contribution in [0, 0.1) is 0 Å². The van der Waals surface area contributed by atoms with E-state index in [1.807, 2.05) is 12.1 Å². The molecule has 0 aliphatic heterocycles. The van der Waals surface area contributed by atoms with Crippen LogP contribution in [0.25, 0.3) is 5.69 Å². The van der Waals surface area contributed by atoms with Crippen molar-refractivity contribution in [3.05, 3.63) is 71.0 Å². The molecule has 0 bridgehead atoms. The summed E-state index contributed by atoms with van der Waals surface area (Å²) < 4.78 is 39.5. The van der Waals surface area contributed by atoms with E-state index in [4.69, 9.17) is 11.6 Å². The topological polar surface area (TPSA) is 30.7 Å². The molecule has 0 atom stereocenters. The molecule has 0 fully saturated rings. The number of thioether (sulfide) groups is 1. The molecular weight excluding hydrogens is 359 g/mol. The molecule has 0 aliphatic rings. The molecule has 0 unspecified atom stereocenters. The van der Waals surface area contributed by atoms with Crippen LogP contribution in [0.15, 0.2) is 60.0 Å². The Hall–Kier alpha value is -1.99. The van der Waals surface area contributed by atoms with E-state index in [1.165, 1.54) is 23.9 Å². The lowest BCUT2D eigenvalue weighted by molar-refractivity contribution is -0.137. The molecule has 1 aromatic heterocycles. The van der Waals surface area contributed by atoms with Crippen LogP contribution in [0.2, 0.25) is 5.02 Å². The third kappa shape index (κ3) is 3.91. The molecule has 24 heavy (non-hydrogen) atoms. The van der Waals surface area contributed by atoms with Crippen LogP contribution < -0.4 is 0 Å². The standard InChI is InChI=1S/C16H11ClF3N3S/c17-13-5-7-14(8-6-13)23-10-21-22-15(23)24-9-11-1-3-12(4-2-11)16(18,19)20/h1-8,10H,9H2. The molecule has 0 aliphatic carbocycles. The van der Waals surface area contributed by atoms with Crippen molar-refractivity contribution in [1.82, 2.24) is 14.8 Å². The van der Waals surface area contributed by atoms with E-state index in [-0.39, 0.29) is 0 Å². The maximum absolute atomic E-state index is 12.6. The molecular formula is C16H11ClF3N3S. The van der Waals surface area contributed by atoms with Crippen LogP contribution >= 0.6 is 23.4 Å². The summed E-state index contributed by atoms with van der Waals surface area (Å²) in [6.45, 7) is 0. The SMILES string of the molecule is FC(F)(F)c1ccc(CSc2nncn2-c2ccc(Cl)cc2)cc1. The second kappa shape index (κ2) is 6.86. The Balaban J connectivity index is 1.72. The molecule has 0 amide bonds. The van der Waals surface area contributed by atoms with Gasteiger partial charge < -0.3 is 0 Å². The predicted molar refractivity (Wildman–Crippen MR) is 87.4 cm³/mol. The first-order valence-corrected chi connectivity index (χ1v) is 8.25. The lowest BCUT2D eigenvalue weighted by atomic mass is 10.1. The molecule has 0 spiro atoms. The highest BCUT2D eigenvalue weighted by atomic mass is 35.5. The molecule has 0 N–H and O–H groups in total. The molecule has 124 valence electrons. The lowest BCUT2D eigenvalue weighted by Crippen LogP contribution is -2.04. The van der Waals surface area contributed by atoms with Crippen molar-refractivity contribution in [2.24, 2.45) is 0 Å². The maximum Gasteiger partial charge on any atom is 0.416 e. The minimum absolute atomic E-state index is 0.490. The van der Waals surface area contributed by atoms with Gasteiger partial charge in [-0.05, 0) is 42.0 Å². The van der Waals surface area contributed by atoms with E-state index in [0.29, 0.717) is 15.9 Å². The highest BCUT2D eigenvalue weighted by Gasteiger charge is 2.29. The van der Waals surface area contributed by atoms with E-state index >= 15 is 0 Å². The number of aromatic nitrogens is 3. The summed E-state index contributed by atoms with van der Waals surface area (Å²) in [5.74, 6) is 0.490. The largest absolute Gasteiger partial charge is 0.416 e. The third-order valence-corrected chi connectivity index (χ3v) is 4.54. The highest BCUT2D eigenvalue weighted by molar-refractivity contribution is 7.98. The van der Waals surface area contributed by atoms with Crippen LogP contribution in [0.3, 0.4) is 0 Å². The second-order valence-electron chi connectivity index (χ2n) is 4.94. The average Bonchev–Trinajstić information content (AvgIpc) is 3.02. The first-order chi connectivity index (χ1) is 11.4. The van der Waals surface area contributed by atoms with Gasteiger partial charge in [-0.15, -0.1) is 10.2 Å². The lowest BCUT2D eigenvalue weighted by Gasteiger charge is -2.08. The summed E-state index contributed by atoms with van der Waals surface area (Å²) in [6.07, 6.45) is -2.74. The van der Waals surface area contributed by atoms with Gasteiger partial charge in [0.05, 0.1) is 5.56 Å². The molecule has 0 saturated heterocycles. The number of hydrogen-bond donors (Lipinski definition) is 0. The normalized spacial score (nSPS) is 11.7. The Labute approximate surface area is 145 Å². The predicted octanol–water partition coefficient (Wildman–Crippen LogP) is 5.23. The highest BCUT2D eigenvalue weighted by Crippen LogP contribution is 2.30. The number of benzene rings is 2. The summed E-state index contributed by atoms with van der Waals surface area (Å²) in [7, 11) is 0. The fraction of sp³-hybridized carbons (Fsp3) is 0.125. The number of nitrogens with zero attached hydrogens (tertiary/aromatic N) is 3. The van der Waals surface area contributed by atoms with Gasteiger partial charge in [-0.25, -0.2) is 0 Å². The minimum Gasteiger partial charge on any atom is -0.277 e. The van der Waals surface area contributed by atoms with Crippen LogP contribution in [0.4, 0.5) is 13.2 Å². The van der Waals surface area contributed by atoms with Crippen molar-refractivity contribution in [2.45, 2.75) is 17.1 Å². The molecule has 3 rings (SSSR count). The summed E-state index contributed by atoms with van der Waals surface area (Å²) in [4.78, 5) is 0. The fourth-order valence-corrected chi connectivity index (χ4v) is 3.05. The monoisotopic (exact) mass is 369 g/mol. The average molecular weight is 370 g/mol. The van der Waals surface area contributed by atoms with Crippen molar-refractivity contribution in [3.63, 3.8) is 0 Å². The van der Waals surface area contributed by atoms with Crippen molar-refractivity contribution in [3.8, 4) is 5.69 Å². The van der Waals surface area contributed by atoms with Crippen LogP contribution in [0.1, 0.15) is 11.1 Å². The van der Waals surface area contributed by atoms with Gasteiger partial charge in [0.1, 0.15) is 6.33 Å². The number of alkyl halides is 3. The van der Waals surface area contributed by atoms with Crippen LogP contribution in [-0.2, 0) is 11.9 Å². The number of halogens is 4. The van der Waals surface area contributed by atoms with Gasteiger partial charge in [-0.1, -0.05) is 35.5 Å². The molecule has 3 nitrogen and oxygen atoms in total. The minimum atomic E-state index is -4.32. The molecule has 0 radical (unpaired) electrons. The summed E-state index contributed by atoms with van der Waals surface area (Å²) in [5, 5.41) is 9.22. The summed E-state index contributed by atoms with van der Waals surface area (Å²) in [6, 6.07) is 12.3. The summed E-state index contributed by atoms with van der Waals surface area (Å²) >= 11 is 7.27. The van der Waals surface area contributed by atoms with Gasteiger partial charge in [-0.2, -0.15) is 13.2 Å². The van der Waals surface area contributed by atoms with Crippen molar-refractivity contribution in [1.29, 1.82) is 0 Å². The molecule has 0 saturated carbocycles. The first-order valence-electron chi connectivity index (χ1n) is 6.88. The summed E-state index contributed by atoms with van der Waals surface area (Å²) in [5.41, 5.74) is 0.985. The van der Waals surface area contributed by atoms with Crippen LogP contribution in [-0.4, -0.2) is 14.8 Å². The first kappa shape index (κ1) is 16.9. The fourth-order valence-electron chi connectivity index (χ4n) is 2.04. The van der Waals surface area contributed by atoms with Crippen LogP contribution in [0.5, 0.6) is 0 Å². The van der Waals surface area contributed by atoms with Gasteiger partial charge in [0, 0.05) is 16.5 Å². The number of hydrogen-bond acceptors (Lipinski definition) is 3. The van der Waals surface area contributed by atoms with Gasteiger partial charge in [0.15, 0.2) is 5.16 Å². The van der Waals surface area contributed by atoms with Crippen molar-refractivity contribution >= 4 is 23.4 Å². The Morgan fingerprint density at radius 3 is 2.29 bits per heavy atom. The molecule has 2 aromatic carbocycles. The zero-order valence-corrected chi connectivity index (χ0v) is 13.7. The van der Waals surface area contributed by atoms with E-state index in [0.717, 1.165) is 23.4 Å². The van der Waals surface area contributed by atoms with Crippen molar-refractivity contribution < 1.29 is 13.2 Å². The Morgan fingerprint density at radius 2 is 1.67 bits per heavy atom. The quantitative estimate of drug-likeness (QED) is 0.590. The van der Waals surface area contributed by atoms with Crippen molar-refractivity contribution in [2.75, 3.05) is 0 Å². The second-order valence-corrected chi connectivity index (χ2v) is 6.32. The smallest absolute Gasteiger partial charge is 0.277 e. The maximum atomic E-state index is 12.6. The Morgan fingerprint density at radius 1 is 1.00 bits per heavy atom. The zero-order chi connectivity index (χ0) is 17.2. The number of rotatable bonds is 4. The Kier molecular flexibility index (Phi) is 4.82. The van der Waals surface area contributed by atoms with E-state index in [2.05, 4.69) is 10.2 Å². The van der Waals surface area contributed by atoms with Gasteiger partial charge in [0.25, 0.3) is 0 Å². The van der Waals surface area contributed by atoms with E-state index in [9.17, 15) is 13.2 Å². The van der Waals surface area contributed by atoms with Gasteiger partial charge >= 0.3 is 6.18 Å². The van der Waals surface area contributed by atoms with Gasteiger partial charge in [0.2, 0.25) is 0 Å². The third-order valence-electron chi connectivity index (χ3n) is 3.27. The van der Waals surface area contributed by atoms with E-state index in [1.54, 1.807) is 23.0 Å². The van der Waals surface area contributed by atoms with Gasteiger partial charge in [-0.3, -0.25) is 4.57 Å². The van der Waals surface area contributed by atoms with E-state index < -0.39 is 11.7 Å². The molecule has 1 heterocycles. The molecule has 8 heteroatoms. The molecule has 3 aromatic rings. The zero-order valence-electron chi connectivity index (χ0n) is 12.2.